The van der Waals surface area contributed by atoms with Gasteiger partial charge in [0.25, 0.3) is 0 Å². The molecule has 22 heavy (non-hydrogen) atoms. The fraction of sp³-hybridized carbons (Fsp3) is 0.611. The monoisotopic (exact) mass is 304 g/mol. The van der Waals surface area contributed by atoms with Crippen LogP contribution in [0.1, 0.15) is 39.2 Å². The zero-order chi connectivity index (χ0) is 16.2. The van der Waals surface area contributed by atoms with Crippen molar-refractivity contribution in [3.63, 3.8) is 0 Å². The molecular formula is C18H28N2O2. The minimum Gasteiger partial charge on any atom is -0.389 e. The molecule has 2 rings (SSSR count). The van der Waals surface area contributed by atoms with Gasteiger partial charge in [-0.05, 0) is 39.2 Å². The van der Waals surface area contributed by atoms with Gasteiger partial charge in [0.05, 0.1) is 12.1 Å². The minimum absolute atomic E-state index is 0.0565. The van der Waals surface area contributed by atoms with E-state index in [4.69, 9.17) is 0 Å². The van der Waals surface area contributed by atoms with Crippen LogP contribution in [0.15, 0.2) is 30.3 Å². The zero-order valence-corrected chi connectivity index (χ0v) is 13.9. The lowest BCUT2D eigenvalue weighted by molar-refractivity contribution is -0.125. The molecule has 122 valence electrons. The molecule has 1 aromatic carbocycles. The van der Waals surface area contributed by atoms with Crippen molar-refractivity contribution >= 4 is 5.91 Å². The first-order chi connectivity index (χ1) is 10.3. The van der Waals surface area contributed by atoms with Crippen molar-refractivity contribution in [2.45, 2.75) is 51.2 Å². The first-order valence-corrected chi connectivity index (χ1v) is 8.05. The van der Waals surface area contributed by atoms with Gasteiger partial charge in [-0.25, -0.2) is 0 Å². The van der Waals surface area contributed by atoms with Crippen LogP contribution in [0.3, 0.4) is 0 Å². The molecule has 2 N–H and O–H groups in total. The van der Waals surface area contributed by atoms with Crippen molar-refractivity contribution in [2.24, 2.45) is 0 Å². The van der Waals surface area contributed by atoms with Gasteiger partial charge in [-0.3, -0.25) is 9.69 Å². The molecule has 1 aliphatic heterocycles. The third-order valence-electron chi connectivity index (χ3n) is 4.04. The number of carbonyl (C=O) groups is 1. The van der Waals surface area contributed by atoms with Gasteiger partial charge in [-0.1, -0.05) is 30.3 Å². The molecule has 1 saturated heterocycles. The van der Waals surface area contributed by atoms with E-state index in [9.17, 15) is 9.90 Å². The Bertz CT molecular complexity index is 486. The molecule has 1 aromatic rings. The molecule has 0 bridgehead atoms. The summed E-state index contributed by atoms with van der Waals surface area (Å²) in [6.45, 7) is 7.90. The summed E-state index contributed by atoms with van der Waals surface area (Å²) in [4.78, 5) is 14.1. The Morgan fingerprint density at radius 3 is 2.36 bits per heavy atom. The molecule has 0 atom stereocenters. The van der Waals surface area contributed by atoms with E-state index in [1.807, 2.05) is 39.0 Å². The molecule has 1 amide bonds. The Hall–Kier alpha value is -1.39. The lowest BCUT2D eigenvalue weighted by Crippen LogP contribution is -2.50. The fourth-order valence-corrected chi connectivity index (χ4v) is 2.94. The smallest absolute Gasteiger partial charge is 0.234 e. The van der Waals surface area contributed by atoms with E-state index in [0.29, 0.717) is 25.8 Å². The largest absolute Gasteiger partial charge is 0.389 e. The standard InChI is InChI=1S/C18H28N2O2/c1-17(2,3)19-16(21)14-20-11-9-18(22,10-12-20)13-15-7-5-4-6-8-15/h4-8,22H,9-14H2,1-3H3,(H,19,21). The Kier molecular flexibility index (Phi) is 5.24. The van der Waals surface area contributed by atoms with E-state index in [-0.39, 0.29) is 11.4 Å². The van der Waals surface area contributed by atoms with Crippen LogP contribution in [0.25, 0.3) is 0 Å². The summed E-state index contributed by atoms with van der Waals surface area (Å²) in [5.74, 6) is 0.0565. The number of hydrogen-bond donors (Lipinski definition) is 2. The van der Waals surface area contributed by atoms with Gasteiger partial charge < -0.3 is 10.4 Å². The third kappa shape index (κ3) is 5.43. The molecule has 0 aromatic heterocycles. The van der Waals surface area contributed by atoms with Crippen LogP contribution in [0.5, 0.6) is 0 Å². The summed E-state index contributed by atoms with van der Waals surface area (Å²) in [7, 11) is 0. The predicted molar refractivity (Wildman–Crippen MR) is 88.7 cm³/mol. The van der Waals surface area contributed by atoms with Gasteiger partial charge in [0, 0.05) is 25.0 Å². The van der Waals surface area contributed by atoms with E-state index in [1.165, 1.54) is 5.56 Å². The molecule has 0 radical (unpaired) electrons. The summed E-state index contributed by atoms with van der Waals surface area (Å²) in [6.07, 6.45) is 2.12. The first kappa shape index (κ1) is 17.0. The first-order valence-electron chi connectivity index (χ1n) is 8.05. The fourth-order valence-electron chi connectivity index (χ4n) is 2.94. The number of amides is 1. The van der Waals surface area contributed by atoms with Crippen LogP contribution in [0, 0.1) is 0 Å². The van der Waals surface area contributed by atoms with Gasteiger partial charge in [0.1, 0.15) is 0 Å². The molecule has 1 fully saturated rings. The van der Waals surface area contributed by atoms with Crippen molar-refractivity contribution in [2.75, 3.05) is 19.6 Å². The van der Waals surface area contributed by atoms with Gasteiger partial charge in [0.15, 0.2) is 0 Å². The number of aliphatic hydroxyl groups is 1. The van der Waals surface area contributed by atoms with Crippen LogP contribution < -0.4 is 5.32 Å². The highest BCUT2D eigenvalue weighted by molar-refractivity contribution is 5.78. The molecule has 1 aliphatic rings. The number of carbonyl (C=O) groups excluding carboxylic acids is 1. The van der Waals surface area contributed by atoms with Crippen molar-refractivity contribution < 1.29 is 9.90 Å². The van der Waals surface area contributed by atoms with Crippen molar-refractivity contribution in [3.05, 3.63) is 35.9 Å². The number of rotatable bonds is 4. The Balaban J connectivity index is 1.81. The molecule has 0 saturated carbocycles. The van der Waals surface area contributed by atoms with Crippen molar-refractivity contribution in [1.29, 1.82) is 0 Å². The molecule has 0 spiro atoms. The van der Waals surface area contributed by atoms with E-state index in [0.717, 1.165) is 13.1 Å². The maximum atomic E-state index is 12.0. The summed E-state index contributed by atoms with van der Waals surface area (Å²) in [5, 5.41) is 13.7. The van der Waals surface area contributed by atoms with Crippen molar-refractivity contribution in [1.82, 2.24) is 10.2 Å². The van der Waals surface area contributed by atoms with Gasteiger partial charge in [-0.2, -0.15) is 0 Å². The molecular weight excluding hydrogens is 276 g/mol. The van der Waals surface area contributed by atoms with E-state index < -0.39 is 5.60 Å². The van der Waals surface area contributed by atoms with E-state index in [1.54, 1.807) is 0 Å². The second-order valence-electron chi connectivity index (χ2n) is 7.46. The van der Waals surface area contributed by atoms with Crippen molar-refractivity contribution in [3.8, 4) is 0 Å². The lowest BCUT2D eigenvalue weighted by atomic mass is 9.85. The quantitative estimate of drug-likeness (QED) is 0.894. The average molecular weight is 304 g/mol. The Morgan fingerprint density at radius 2 is 1.82 bits per heavy atom. The maximum absolute atomic E-state index is 12.0. The molecule has 0 aliphatic carbocycles. The van der Waals surface area contributed by atoms with E-state index in [2.05, 4.69) is 22.3 Å². The number of benzene rings is 1. The average Bonchev–Trinajstić information content (AvgIpc) is 2.40. The van der Waals surface area contributed by atoms with Crippen LogP contribution in [0.2, 0.25) is 0 Å². The number of piperidine rings is 1. The Labute approximate surface area is 133 Å². The van der Waals surface area contributed by atoms with Gasteiger partial charge in [0.2, 0.25) is 5.91 Å². The van der Waals surface area contributed by atoms with Crippen LogP contribution in [0.4, 0.5) is 0 Å². The number of likely N-dealkylation sites (tertiary alicyclic amines) is 1. The predicted octanol–water partition coefficient (Wildman–Crippen LogP) is 1.97. The second-order valence-corrected chi connectivity index (χ2v) is 7.46. The maximum Gasteiger partial charge on any atom is 0.234 e. The summed E-state index contributed by atoms with van der Waals surface area (Å²) < 4.78 is 0. The SMILES string of the molecule is CC(C)(C)NC(=O)CN1CCC(O)(Cc2ccccc2)CC1. The minimum atomic E-state index is -0.641. The summed E-state index contributed by atoms with van der Waals surface area (Å²) in [5.41, 5.74) is 0.336. The van der Waals surface area contributed by atoms with Gasteiger partial charge >= 0.3 is 0 Å². The highest BCUT2D eigenvalue weighted by Gasteiger charge is 2.33. The Morgan fingerprint density at radius 1 is 1.23 bits per heavy atom. The van der Waals surface area contributed by atoms with E-state index >= 15 is 0 Å². The lowest BCUT2D eigenvalue weighted by Gasteiger charge is -2.38. The molecule has 1 heterocycles. The molecule has 0 unspecified atom stereocenters. The molecule has 4 heteroatoms. The highest BCUT2D eigenvalue weighted by Crippen LogP contribution is 2.26. The van der Waals surface area contributed by atoms with Gasteiger partial charge in [-0.15, -0.1) is 0 Å². The number of hydrogen-bond acceptors (Lipinski definition) is 3. The number of nitrogens with zero attached hydrogens (tertiary/aromatic N) is 1. The summed E-state index contributed by atoms with van der Waals surface area (Å²) in [6, 6.07) is 10.1. The topological polar surface area (TPSA) is 52.6 Å². The third-order valence-corrected chi connectivity index (χ3v) is 4.04. The summed E-state index contributed by atoms with van der Waals surface area (Å²) >= 11 is 0. The highest BCUT2D eigenvalue weighted by atomic mass is 16.3. The molecule has 4 nitrogen and oxygen atoms in total. The second kappa shape index (κ2) is 6.80. The zero-order valence-electron chi connectivity index (χ0n) is 13.9. The van der Waals surface area contributed by atoms with Crippen LogP contribution >= 0.6 is 0 Å². The van der Waals surface area contributed by atoms with Crippen LogP contribution in [-0.2, 0) is 11.2 Å². The number of nitrogens with one attached hydrogen (secondary N) is 1. The normalized spacial score (nSPS) is 18.9. The van der Waals surface area contributed by atoms with Crippen LogP contribution in [-0.4, -0.2) is 46.7 Å².